The third-order valence-electron chi connectivity index (χ3n) is 4.66. The van der Waals surface area contributed by atoms with Crippen molar-refractivity contribution >= 4 is 11.8 Å². The number of aromatic nitrogens is 2. The van der Waals surface area contributed by atoms with Gasteiger partial charge in [0, 0.05) is 39.9 Å². The smallest absolute Gasteiger partial charge is 0.226 e. The van der Waals surface area contributed by atoms with Crippen LogP contribution >= 0.6 is 0 Å². The summed E-state index contributed by atoms with van der Waals surface area (Å²) in [5, 5.41) is 0. The Balaban J connectivity index is 1.51. The lowest BCUT2D eigenvalue weighted by Gasteiger charge is -2.37. The molecule has 0 radical (unpaired) electrons. The summed E-state index contributed by atoms with van der Waals surface area (Å²) in [5.41, 5.74) is 0. The SMILES string of the molecule is CN(C)c1nccc(N2CCO[C@@H]3CN(Cc4ccco4)C[C@@H]32)n1. The molecule has 0 N–H and O–H groups in total. The minimum Gasteiger partial charge on any atom is -0.468 e. The molecule has 0 bridgehead atoms. The molecule has 128 valence electrons. The van der Waals surface area contributed by atoms with Crippen LogP contribution in [0.5, 0.6) is 0 Å². The third kappa shape index (κ3) is 2.97. The molecule has 2 aliphatic rings. The fourth-order valence-corrected chi connectivity index (χ4v) is 3.52. The number of furan rings is 1. The molecule has 24 heavy (non-hydrogen) atoms. The Morgan fingerprint density at radius 2 is 2.21 bits per heavy atom. The molecular formula is C17H23N5O2. The van der Waals surface area contributed by atoms with Crippen LogP contribution in [0.1, 0.15) is 5.76 Å². The molecule has 0 spiro atoms. The van der Waals surface area contributed by atoms with Crippen molar-refractivity contribution in [2.75, 3.05) is 50.1 Å². The highest BCUT2D eigenvalue weighted by molar-refractivity contribution is 5.45. The average molecular weight is 329 g/mol. The predicted octanol–water partition coefficient (Wildman–Crippen LogP) is 1.23. The van der Waals surface area contributed by atoms with E-state index in [0.29, 0.717) is 6.04 Å². The van der Waals surface area contributed by atoms with Gasteiger partial charge in [0.15, 0.2) is 0 Å². The highest BCUT2D eigenvalue weighted by Gasteiger charge is 2.40. The Bertz CT molecular complexity index is 675. The van der Waals surface area contributed by atoms with Crippen LogP contribution in [0.2, 0.25) is 0 Å². The van der Waals surface area contributed by atoms with Crippen molar-refractivity contribution in [3.63, 3.8) is 0 Å². The first-order valence-corrected chi connectivity index (χ1v) is 8.34. The molecule has 2 saturated heterocycles. The summed E-state index contributed by atoms with van der Waals surface area (Å²) < 4.78 is 11.5. The number of hydrogen-bond acceptors (Lipinski definition) is 7. The van der Waals surface area contributed by atoms with E-state index in [1.54, 1.807) is 6.26 Å². The number of rotatable bonds is 4. The van der Waals surface area contributed by atoms with Crippen molar-refractivity contribution in [1.82, 2.24) is 14.9 Å². The van der Waals surface area contributed by atoms with Crippen LogP contribution in [-0.2, 0) is 11.3 Å². The Kier molecular flexibility index (Phi) is 4.12. The van der Waals surface area contributed by atoms with Crippen LogP contribution in [0, 0.1) is 0 Å². The lowest BCUT2D eigenvalue weighted by Crippen LogP contribution is -2.51. The summed E-state index contributed by atoms with van der Waals surface area (Å²) in [6, 6.07) is 6.27. The molecule has 0 aromatic carbocycles. The maximum atomic E-state index is 6.01. The van der Waals surface area contributed by atoms with Crippen molar-refractivity contribution in [2.24, 2.45) is 0 Å². The number of ether oxygens (including phenoxy) is 1. The van der Waals surface area contributed by atoms with E-state index in [-0.39, 0.29) is 6.10 Å². The second kappa shape index (κ2) is 6.41. The highest BCUT2D eigenvalue weighted by atomic mass is 16.5. The Labute approximate surface area is 141 Å². The number of fused-ring (bicyclic) bond motifs is 1. The molecule has 7 nitrogen and oxygen atoms in total. The fourth-order valence-electron chi connectivity index (χ4n) is 3.52. The van der Waals surface area contributed by atoms with E-state index >= 15 is 0 Å². The van der Waals surface area contributed by atoms with E-state index in [4.69, 9.17) is 14.1 Å². The Morgan fingerprint density at radius 3 is 3.00 bits per heavy atom. The topological polar surface area (TPSA) is 57.9 Å². The largest absolute Gasteiger partial charge is 0.468 e. The van der Waals surface area contributed by atoms with Crippen LogP contribution in [0.15, 0.2) is 35.1 Å². The van der Waals surface area contributed by atoms with Gasteiger partial charge in [0.25, 0.3) is 0 Å². The van der Waals surface area contributed by atoms with Gasteiger partial charge in [0.2, 0.25) is 5.95 Å². The maximum Gasteiger partial charge on any atom is 0.226 e. The molecular weight excluding hydrogens is 306 g/mol. The van der Waals surface area contributed by atoms with Gasteiger partial charge in [-0.3, -0.25) is 4.90 Å². The van der Waals surface area contributed by atoms with Crippen LogP contribution in [0.3, 0.4) is 0 Å². The van der Waals surface area contributed by atoms with E-state index in [9.17, 15) is 0 Å². The zero-order chi connectivity index (χ0) is 16.5. The second-order valence-electron chi connectivity index (χ2n) is 6.55. The highest BCUT2D eigenvalue weighted by Crippen LogP contribution is 2.28. The van der Waals surface area contributed by atoms with Crippen molar-refractivity contribution in [3.8, 4) is 0 Å². The van der Waals surface area contributed by atoms with Crippen molar-refractivity contribution in [1.29, 1.82) is 0 Å². The van der Waals surface area contributed by atoms with Crippen molar-refractivity contribution in [2.45, 2.75) is 18.7 Å². The number of hydrogen-bond donors (Lipinski definition) is 0. The van der Waals surface area contributed by atoms with Gasteiger partial charge < -0.3 is 19.0 Å². The number of anilines is 2. The molecule has 2 aromatic rings. The monoisotopic (exact) mass is 329 g/mol. The zero-order valence-corrected chi connectivity index (χ0v) is 14.1. The Hall–Kier alpha value is -2.12. The first-order chi connectivity index (χ1) is 11.7. The number of morpholine rings is 1. The average Bonchev–Trinajstić information content (AvgIpc) is 3.23. The second-order valence-corrected chi connectivity index (χ2v) is 6.55. The summed E-state index contributed by atoms with van der Waals surface area (Å²) in [6.45, 7) is 4.29. The first-order valence-electron chi connectivity index (χ1n) is 8.34. The van der Waals surface area contributed by atoms with E-state index < -0.39 is 0 Å². The van der Waals surface area contributed by atoms with Crippen LogP contribution in [0.25, 0.3) is 0 Å². The molecule has 0 saturated carbocycles. The number of nitrogens with zero attached hydrogens (tertiary/aromatic N) is 5. The quantitative estimate of drug-likeness (QED) is 0.836. The molecule has 2 aliphatic heterocycles. The van der Waals surface area contributed by atoms with Gasteiger partial charge in [-0.1, -0.05) is 0 Å². The lowest BCUT2D eigenvalue weighted by molar-refractivity contribution is 0.0301. The van der Waals surface area contributed by atoms with Crippen LogP contribution in [0.4, 0.5) is 11.8 Å². The minimum atomic E-state index is 0.214. The van der Waals surface area contributed by atoms with Gasteiger partial charge in [-0.2, -0.15) is 4.98 Å². The van der Waals surface area contributed by atoms with Gasteiger partial charge in [0.1, 0.15) is 11.6 Å². The lowest BCUT2D eigenvalue weighted by atomic mass is 10.1. The van der Waals surface area contributed by atoms with Gasteiger partial charge in [-0.05, 0) is 18.2 Å². The number of likely N-dealkylation sites (tertiary alicyclic amines) is 1. The molecule has 0 amide bonds. The van der Waals surface area contributed by atoms with Crippen molar-refractivity contribution in [3.05, 3.63) is 36.4 Å². The van der Waals surface area contributed by atoms with E-state index in [1.807, 2.05) is 43.4 Å². The van der Waals surface area contributed by atoms with Crippen LogP contribution in [-0.4, -0.2) is 67.4 Å². The summed E-state index contributed by atoms with van der Waals surface area (Å²) in [4.78, 5) is 15.7. The molecule has 0 aliphatic carbocycles. The molecule has 2 atom stereocenters. The van der Waals surface area contributed by atoms with Gasteiger partial charge >= 0.3 is 0 Å². The summed E-state index contributed by atoms with van der Waals surface area (Å²) >= 11 is 0. The summed E-state index contributed by atoms with van der Waals surface area (Å²) in [7, 11) is 3.92. The maximum absolute atomic E-state index is 6.01. The molecule has 4 rings (SSSR count). The summed E-state index contributed by atoms with van der Waals surface area (Å²) in [6.07, 6.45) is 3.77. The van der Waals surface area contributed by atoms with Crippen LogP contribution < -0.4 is 9.80 Å². The van der Waals surface area contributed by atoms with E-state index in [1.165, 1.54) is 0 Å². The normalized spacial score (nSPS) is 24.2. The summed E-state index contributed by atoms with van der Waals surface area (Å²) in [5.74, 6) is 2.71. The molecule has 0 unspecified atom stereocenters. The fraction of sp³-hybridized carbons (Fsp3) is 0.529. The van der Waals surface area contributed by atoms with E-state index in [0.717, 1.165) is 50.3 Å². The molecule has 4 heterocycles. The Morgan fingerprint density at radius 1 is 1.29 bits per heavy atom. The minimum absolute atomic E-state index is 0.214. The molecule has 2 aromatic heterocycles. The zero-order valence-electron chi connectivity index (χ0n) is 14.1. The third-order valence-corrected chi connectivity index (χ3v) is 4.66. The van der Waals surface area contributed by atoms with Crippen molar-refractivity contribution < 1.29 is 9.15 Å². The van der Waals surface area contributed by atoms with E-state index in [2.05, 4.69) is 14.8 Å². The van der Waals surface area contributed by atoms with Gasteiger partial charge in [0.05, 0.1) is 31.6 Å². The first kappa shape index (κ1) is 15.4. The van der Waals surface area contributed by atoms with Gasteiger partial charge in [-0.25, -0.2) is 4.98 Å². The molecule has 7 heteroatoms. The van der Waals surface area contributed by atoms with Gasteiger partial charge in [-0.15, -0.1) is 0 Å². The predicted molar refractivity (Wildman–Crippen MR) is 91.2 cm³/mol. The standard InChI is InChI=1S/C17H23N5O2/c1-20(2)17-18-6-5-16(19-17)22-7-9-24-15-12-21(11-14(15)22)10-13-4-3-8-23-13/h3-6,8,14-15H,7,9-12H2,1-2H3/t14-,15+/m0/s1. The molecule has 2 fully saturated rings.